The van der Waals surface area contributed by atoms with Crippen molar-refractivity contribution in [2.75, 3.05) is 17.1 Å². The maximum Gasteiger partial charge on any atom is 0.263 e. The molecule has 9 heteroatoms. The lowest BCUT2D eigenvalue weighted by atomic mass is 10.1. The van der Waals surface area contributed by atoms with Gasteiger partial charge in [0.25, 0.3) is 10.0 Å². The predicted molar refractivity (Wildman–Crippen MR) is 114 cm³/mol. The van der Waals surface area contributed by atoms with Gasteiger partial charge in [0.15, 0.2) is 0 Å². The number of nitrogens with zero attached hydrogens (tertiary/aromatic N) is 2. The standard InChI is InChI=1S/C21H22N4O4S/c1-14-12-20(23-15(2)22-14)25-30(27,28)19-10-6-17(7-11-19)24-21(26)13-16-4-8-18(29-3)9-5-16/h4-12H,13H2,1-3H3,(H,24,26)(H,22,23,25). The molecule has 3 rings (SSSR count). The van der Waals surface area contributed by atoms with Gasteiger partial charge in [0, 0.05) is 17.4 Å². The molecular formula is C21H22N4O4S. The largest absolute Gasteiger partial charge is 0.497 e. The number of hydrogen-bond acceptors (Lipinski definition) is 6. The quantitative estimate of drug-likeness (QED) is 0.601. The molecule has 0 saturated heterocycles. The Morgan fingerprint density at radius 3 is 2.27 bits per heavy atom. The Hall–Kier alpha value is -3.46. The summed E-state index contributed by atoms with van der Waals surface area (Å²) in [6, 6.07) is 14.7. The molecule has 0 saturated carbocycles. The van der Waals surface area contributed by atoms with E-state index in [-0.39, 0.29) is 23.0 Å². The van der Waals surface area contributed by atoms with Gasteiger partial charge in [-0.05, 0) is 55.8 Å². The van der Waals surface area contributed by atoms with Gasteiger partial charge in [-0.2, -0.15) is 0 Å². The van der Waals surface area contributed by atoms with E-state index in [0.717, 1.165) is 11.3 Å². The summed E-state index contributed by atoms with van der Waals surface area (Å²) < 4.78 is 32.7. The van der Waals surface area contributed by atoms with E-state index < -0.39 is 10.0 Å². The van der Waals surface area contributed by atoms with Crippen molar-refractivity contribution in [1.82, 2.24) is 9.97 Å². The number of nitrogens with one attached hydrogen (secondary N) is 2. The minimum atomic E-state index is -3.81. The van der Waals surface area contributed by atoms with Gasteiger partial charge in [0.1, 0.15) is 17.4 Å². The number of methoxy groups -OCH3 is 1. The first kappa shape index (κ1) is 21.3. The zero-order chi connectivity index (χ0) is 21.7. The number of ether oxygens (including phenoxy) is 1. The number of sulfonamides is 1. The molecule has 1 amide bonds. The van der Waals surface area contributed by atoms with Crippen LogP contribution in [0.15, 0.2) is 59.5 Å². The highest BCUT2D eigenvalue weighted by atomic mass is 32.2. The van der Waals surface area contributed by atoms with Crippen LogP contribution in [0, 0.1) is 13.8 Å². The Labute approximate surface area is 175 Å². The minimum Gasteiger partial charge on any atom is -0.497 e. The minimum absolute atomic E-state index is 0.0598. The highest BCUT2D eigenvalue weighted by molar-refractivity contribution is 7.92. The predicted octanol–water partition coefficient (Wildman–Crippen LogP) is 3.08. The Kier molecular flexibility index (Phi) is 6.31. The van der Waals surface area contributed by atoms with Crippen LogP contribution < -0.4 is 14.8 Å². The molecule has 0 fully saturated rings. The van der Waals surface area contributed by atoms with Crippen LogP contribution in [-0.4, -0.2) is 31.4 Å². The summed E-state index contributed by atoms with van der Waals surface area (Å²) in [5.74, 6) is 1.19. The molecular weight excluding hydrogens is 404 g/mol. The maximum atomic E-state index is 12.6. The van der Waals surface area contributed by atoms with Gasteiger partial charge in [0.2, 0.25) is 5.91 Å². The second-order valence-corrected chi connectivity index (χ2v) is 8.33. The molecule has 30 heavy (non-hydrogen) atoms. The first-order valence-corrected chi connectivity index (χ1v) is 10.6. The topological polar surface area (TPSA) is 110 Å². The average molecular weight is 426 g/mol. The highest BCUT2D eigenvalue weighted by Crippen LogP contribution is 2.18. The molecule has 1 heterocycles. The van der Waals surface area contributed by atoms with E-state index >= 15 is 0 Å². The molecule has 8 nitrogen and oxygen atoms in total. The van der Waals surface area contributed by atoms with Gasteiger partial charge in [-0.1, -0.05) is 12.1 Å². The van der Waals surface area contributed by atoms with Crippen molar-refractivity contribution in [1.29, 1.82) is 0 Å². The van der Waals surface area contributed by atoms with E-state index in [1.807, 2.05) is 12.1 Å². The van der Waals surface area contributed by atoms with Gasteiger partial charge in [-0.25, -0.2) is 18.4 Å². The number of hydrogen-bond donors (Lipinski definition) is 2. The van der Waals surface area contributed by atoms with Crippen LogP contribution in [-0.2, 0) is 21.2 Å². The molecule has 0 aliphatic rings. The fraction of sp³-hybridized carbons (Fsp3) is 0.190. The number of amides is 1. The van der Waals surface area contributed by atoms with E-state index in [9.17, 15) is 13.2 Å². The van der Waals surface area contributed by atoms with E-state index in [1.54, 1.807) is 39.2 Å². The van der Waals surface area contributed by atoms with Crippen LogP contribution in [0.1, 0.15) is 17.1 Å². The van der Waals surface area contributed by atoms with Crippen LogP contribution in [0.4, 0.5) is 11.5 Å². The molecule has 156 valence electrons. The first-order valence-electron chi connectivity index (χ1n) is 9.13. The Morgan fingerprint density at radius 1 is 1.00 bits per heavy atom. The van der Waals surface area contributed by atoms with Crippen LogP contribution in [0.3, 0.4) is 0 Å². The van der Waals surface area contributed by atoms with Crippen LogP contribution >= 0.6 is 0 Å². The third-order valence-corrected chi connectivity index (χ3v) is 5.55. The van der Waals surface area contributed by atoms with E-state index in [0.29, 0.717) is 17.2 Å². The summed E-state index contributed by atoms with van der Waals surface area (Å²) in [6.07, 6.45) is 0.192. The summed E-state index contributed by atoms with van der Waals surface area (Å²) in [5, 5.41) is 2.76. The summed E-state index contributed by atoms with van der Waals surface area (Å²) >= 11 is 0. The van der Waals surface area contributed by atoms with Crippen molar-refractivity contribution >= 4 is 27.4 Å². The summed E-state index contributed by atoms with van der Waals surface area (Å²) in [5.41, 5.74) is 2.00. The molecule has 3 aromatic rings. The summed E-state index contributed by atoms with van der Waals surface area (Å²) in [6.45, 7) is 3.45. The number of carbonyl (C=O) groups is 1. The fourth-order valence-electron chi connectivity index (χ4n) is 2.82. The Morgan fingerprint density at radius 2 is 1.67 bits per heavy atom. The molecule has 2 aromatic carbocycles. The number of anilines is 2. The van der Waals surface area contributed by atoms with E-state index in [4.69, 9.17) is 4.74 Å². The number of carbonyl (C=O) groups excluding carboxylic acids is 1. The molecule has 0 atom stereocenters. The summed E-state index contributed by atoms with van der Waals surface area (Å²) in [4.78, 5) is 20.5. The van der Waals surface area contributed by atoms with Crippen molar-refractivity contribution in [2.45, 2.75) is 25.2 Å². The second-order valence-electron chi connectivity index (χ2n) is 6.64. The number of benzene rings is 2. The lowest BCUT2D eigenvalue weighted by Crippen LogP contribution is -2.16. The molecule has 2 N–H and O–H groups in total. The average Bonchev–Trinajstić information content (AvgIpc) is 2.67. The van der Waals surface area contributed by atoms with Gasteiger partial charge in [-0.3, -0.25) is 9.52 Å². The molecule has 1 aromatic heterocycles. The second kappa shape index (κ2) is 8.91. The lowest BCUT2D eigenvalue weighted by Gasteiger charge is -2.10. The van der Waals surface area contributed by atoms with Crippen molar-refractivity contribution in [3.8, 4) is 5.75 Å². The zero-order valence-corrected chi connectivity index (χ0v) is 17.7. The van der Waals surface area contributed by atoms with Gasteiger partial charge in [-0.15, -0.1) is 0 Å². The molecule has 0 unspecified atom stereocenters. The number of rotatable bonds is 7. The van der Waals surface area contributed by atoms with Crippen LogP contribution in [0.5, 0.6) is 5.75 Å². The normalized spacial score (nSPS) is 11.0. The molecule has 0 radical (unpaired) electrons. The zero-order valence-electron chi connectivity index (χ0n) is 16.8. The number of aromatic nitrogens is 2. The SMILES string of the molecule is COc1ccc(CC(=O)Nc2ccc(S(=O)(=O)Nc3cc(C)nc(C)n3)cc2)cc1. The van der Waals surface area contributed by atoms with E-state index in [2.05, 4.69) is 20.0 Å². The molecule has 0 aliphatic carbocycles. The highest BCUT2D eigenvalue weighted by Gasteiger charge is 2.16. The number of aryl methyl sites for hydroxylation is 2. The molecule has 0 bridgehead atoms. The van der Waals surface area contributed by atoms with E-state index in [1.165, 1.54) is 24.3 Å². The van der Waals surface area contributed by atoms with Gasteiger partial charge in [0.05, 0.1) is 18.4 Å². The summed E-state index contributed by atoms with van der Waals surface area (Å²) in [7, 11) is -2.23. The third kappa shape index (κ3) is 5.54. The van der Waals surface area contributed by atoms with Gasteiger partial charge < -0.3 is 10.1 Å². The Balaban J connectivity index is 1.65. The van der Waals surface area contributed by atoms with Crippen LogP contribution in [0.25, 0.3) is 0 Å². The fourth-order valence-corrected chi connectivity index (χ4v) is 3.81. The van der Waals surface area contributed by atoms with Crippen molar-refractivity contribution < 1.29 is 17.9 Å². The lowest BCUT2D eigenvalue weighted by molar-refractivity contribution is -0.115. The maximum absolute atomic E-state index is 12.6. The monoisotopic (exact) mass is 426 g/mol. The van der Waals surface area contributed by atoms with Crippen molar-refractivity contribution in [3.63, 3.8) is 0 Å². The van der Waals surface area contributed by atoms with Crippen molar-refractivity contribution in [3.05, 3.63) is 71.7 Å². The first-order chi connectivity index (χ1) is 14.2. The molecule has 0 spiro atoms. The van der Waals surface area contributed by atoms with Crippen LogP contribution in [0.2, 0.25) is 0 Å². The smallest absolute Gasteiger partial charge is 0.263 e. The van der Waals surface area contributed by atoms with Crippen molar-refractivity contribution in [2.24, 2.45) is 0 Å². The van der Waals surface area contributed by atoms with Gasteiger partial charge >= 0.3 is 0 Å². The third-order valence-electron chi connectivity index (χ3n) is 4.18. The molecule has 0 aliphatic heterocycles. The Bertz CT molecular complexity index is 1120.